The molecule has 3 aromatic rings. The van der Waals surface area contributed by atoms with Crippen LogP contribution < -0.4 is 10.2 Å². The SMILES string of the molecule is Cc1ccc(OCC(=O)N/N=C\C=C\c2cn(Cc3ccccc3)nn2)cc1C. The number of aryl methyl sites for hydroxylation is 2. The summed E-state index contributed by atoms with van der Waals surface area (Å²) in [5, 5.41) is 12.0. The Morgan fingerprint density at radius 3 is 2.79 bits per heavy atom. The molecule has 0 bridgehead atoms. The predicted molar refractivity (Wildman–Crippen MR) is 113 cm³/mol. The number of hydrogen-bond donors (Lipinski definition) is 1. The van der Waals surface area contributed by atoms with E-state index in [4.69, 9.17) is 4.74 Å². The Balaban J connectivity index is 1.41. The molecule has 1 amide bonds. The van der Waals surface area contributed by atoms with E-state index < -0.39 is 0 Å². The molecule has 1 N–H and O–H groups in total. The summed E-state index contributed by atoms with van der Waals surface area (Å²) in [6, 6.07) is 15.7. The van der Waals surface area contributed by atoms with Crippen LogP contribution in [0, 0.1) is 13.8 Å². The summed E-state index contributed by atoms with van der Waals surface area (Å²) in [6.45, 7) is 4.58. The van der Waals surface area contributed by atoms with Crippen LogP contribution in [0.15, 0.2) is 65.9 Å². The first-order valence-electron chi connectivity index (χ1n) is 9.23. The van der Waals surface area contributed by atoms with Crippen LogP contribution in [0.5, 0.6) is 5.75 Å². The predicted octanol–water partition coefficient (Wildman–Crippen LogP) is 3.14. The summed E-state index contributed by atoms with van der Waals surface area (Å²) >= 11 is 0. The molecule has 7 nitrogen and oxygen atoms in total. The van der Waals surface area contributed by atoms with Crippen LogP contribution in [0.25, 0.3) is 6.08 Å². The third-order valence-corrected chi connectivity index (χ3v) is 4.21. The molecule has 0 saturated carbocycles. The van der Waals surface area contributed by atoms with Gasteiger partial charge in [0.2, 0.25) is 0 Å². The van der Waals surface area contributed by atoms with Crippen molar-refractivity contribution in [1.82, 2.24) is 20.4 Å². The van der Waals surface area contributed by atoms with Crippen molar-refractivity contribution < 1.29 is 9.53 Å². The van der Waals surface area contributed by atoms with E-state index in [9.17, 15) is 4.79 Å². The second-order valence-corrected chi connectivity index (χ2v) is 6.53. The highest BCUT2D eigenvalue weighted by Crippen LogP contribution is 2.16. The molecule has 3 rings (SSSR count). The maximum Gasteiger partial charge on any atom is 0.277 e. The number of nitrogens with one attached hydrogen (secondary N) is 1. The molecule has 148 valence electrons. The Morgan fingerprint density at radius 2 is 2.00 bits per heavy atom. The van der Waals surface area contributed by atoms with Crippen molar-refractivity contribution in [2.45, 2.75) is 20.4 Å². The Bertz CT molecular complexity index is 1010. The van der Waals surface area contributed by atoms with Gasteiger partial charge in [-0.25, -0.2) is 10.1 Å². The van der Waals surface area contributed by atoms with Gasteiger partial charge in [-0.15, -0.1) is 5.10 Å². The first-order valence-corrected chi connectivity index (χ1v) is 9.23. The zero-order valence-corrected chi connectivity index (χ0v) is 16.4. The van der Waals surface area contributed by atoms with Crippen molar-refractivity contribution in [1.29, 1.82) is 0 Å². The van der Waals surface area contributed by atoms with Gasteiger partial charge < -0.3 is 4.74 Å². The minimum atomic E-state index is -0.332. The molecule has 0 fully saturated rings. The van der Waals surface area contributed by atoms with Crippen LogP contribution in [0.3, 0.4) is 0 Å². The highest BCUT2D eigenvalue weighted by molar-refractivity contribution is 5.81. The number of amides is 1. The number of aromatic nitrogens is 3. The number of carbonyl (C=O) groups is 1. The minimum absolute atomic E-state index is 0.0998. The molecule has 7 heteroatoms. The zero-order valence-electron chi connectivity index (χ0n) is 16.4. The van der Waals surface area contributed by atoms with Gasteiger partial charge in [0.15, 0.2) is 6.61 Å². The normalized spacial score (nSPS) is 11.2. The standard InChI is InChI=1S/C22H23N5O2/c1-17-10-11-21(13-18(17)2)29-16-22(28)25-23-12-6-9-20-15-27(26-24-20)14-19-7-4-3-5-8-19/h3-13,15H,14,16H2,1-2H3,(H,25,28)/b9-6+,23-12-. The van der Waals surface area contributed by atoms with Gasteiger partial charge in [-0.3, -0.25) is 4.79 Å². The lowest BCUT2D eigenvalue weighted by atomic mass is 10.1. The molecule has 0 unspecified atom stereocenters. The maximum absolute atomic E-state index is 11.8. The van der Waals surface area contributed by atoms with Crippen LogP contribution in [0.4, 0.5) is 0 Å². The van der Waals surface area contributed by atoms with E-state index in [1.807, 2.05) is 68.6 Å². The summed E-state index contributed by atoms with van der Waals surface area (Å²) in [5.74, 6) is 0.326. The average Bonchev–Trinajstić information content (AvgIpc) is 3.16. The van der Waals surface area contributed by atoms with Gasteiger partial charge in [-0.05, 0) is 54.8 Å². The third kappa shape index (κ3) is 6.42. The lowest BCUT2D eigenvalue weighted by Crippen LogP contribution is -2.24. The fourth-order valence-electron chi connectivity index (χ4n) is 2.52. The van der Waals surface area contributed by atoms with E-state index in [0.29, 0.717) is 18.0 Å². The zero-order chi connectivity index (χ0) is 20.5. The van der Waals surface area contributed by atoms with Gasteiger partial charge in [-0.1, -0.05) is 41.6 Å². The number of carbonyl (C=O) groups excluding carboxylic acids is 1. The molecule has 1 heterocycles. The number of benzene rings is 2. The van der Waals surface area contributed by atoms with Crippen LogP contribution in [-0.4, -0.2) is 33.7 Å². The van der Waals surface area contributed by atoms with Gasteiger partial charge in [0.05, 0.1) is 12.7 Å². The van der Waals surface area contributed by atoms with Crippen LogP contribution in [0.2, 0.25) is 0 Å². The highest BCUT2D eigenvalue weighted by Gasteiger charge is 2.02. The highest BCUT2D eigenvalue weighted by atomic mass is 16.5. The van der Waals surface area contributed by atoms with Gasteiger partial charge >= 0.3 is 0 Å². The molecular formula is C22H23N5O2. The van der Waals surface area contributed by atoms with Crippen molar-refractivity contribution in [3.8, 4) is 5.75 Å². The van der Waals surface area contributed by atoms with Gasteiger partial charge in [0.25, 0.3) is 5.91 Å². The summed E-state index contributed by atoms with van der Waals surface area (Å²) in [4.78, 5) is 11.8. The van der Waals surface area contributed by atoms with E-state index >= 15 is 0 Å². The van der Waals surface area contributed by atoms with E-state index in [1.165, 1.54) is 11.8 Å². The number of rotatable bonds is 8. The molecule has 0 aliphatic rings. The number of hydrazone groups is 1. The lowest BCUT2D eigenvalue weighted by molar-refractivity contribution is -0.123. The van der Waals surface area contributed by atoms with Crippen molar-refractivity contribution in [2.75, 3.05) is 6.61 Å². The summed E-state index contributed by atoms with van der Waals surface area (Å²) in [5.41, 5.74) is 6.57. The Kier molecular flexibility index (Phi) is 6.89. The van der Waals surface area contributed by atoms with Crippen LogP contribution in [0.1, 0.15) is 22.4 Å². The monoisotopic (exact) mass is 389 g/mol. The van der Waals surface area contributed by atoms with Gasteiger partial charge in [-0.2, -0.15) is 5.10 Å². The molecule has 0 atom stereocenters. The third-order valence-electron chi connectivity index (χ3n) is 4.21. The number of nitrogens with zero attached hydrogens (tertiary/aromatic N) is 4. The molecule has 0 spiro atoms. The fraction of sp³-hybridized carbons (Fsp3) is 0.182. The van der Waals surface area contributed by atoms with E-state index in [2.05, 4.69) is 20.8 Å². The van der Waals surface area contributed by atoms with Crippen LogP contribution in [-0.2, 0) is 11.3 Å². The topological polar surface area (TPSA) is 81.4 Å². The van der Waals surface area contributed by atoms with Gasteiger partial charge in [0.1, 0.15) is 11.4 Å². The van der Waals surface area contributed by atoms with Crippen molar-refractivity contribution in [3.05, 3.63) is 83.2 Å². The van der Waals surface area contributed by atoms with Crippen molar-refractivity contribution in [2.24, 2.45) is 5.10 Å². The van der Waals surface area contributed by atoms with E-state index in [1.54, 1.807) is 16.8 Å². The van der Waals surface area contributed by atoms with Crippen molar-refractivity contribution in [3.63, 3.8) is 0 Å². The minimum Gasteiger partial charge on any atom is -0.484 e. The second kappa shape index (κ2) is 9.98. The lowest BCUT2D eigenvalue weighted by Gasteiger charge is -2.07. The summed E-state index contributed by atoms with van der Waals surface area (Å²) < 4.78 is 7.22. The molecule has 0 radical (unpaired) electrons. The number of hydrogen-bond acceptors (Lipinski definition) is 5. The van der Waals surface area contributed by atoms with Crippen LogP contribution >= 0.6 is 0 Å². The molecule has 29 heavy (non-hydrogen) atoms. The molecule has 0 aliphatic heterocycles. The van der Waals surface area contributed by atoms with E-state index in [0.717, 1.165) is 11.1 Å². The molecule has 0 saturated heterocycles. The second-order valence-electron chi connectivity index (χ2n) is 6.53. The van der Waals surface area contributed by atoms with E-state index in [-0.39, 0.29) is 12.5 Å². The molecule has 2 aromatic carbocycles. The number of ether oxygens (including phenoxy) is 1. The fourth-order valence-corrected chi connectivity index (χ4v) is 2.52. The molecule has 1 aromatic heterocycles. The molecule has 0 aliphatic carbocycles. The Hall–Kier alpha value is -3.74. The first kappa shape index (κ1) is 20.0. The maximum atomic E-state index is 11.8. The summed E-state index contributed by atoms with van der Waals surface area (Å²) in [7, 11) is 0. The Labute approximate surface area is 169 Å². The summed E-state index contributed by atoms with van der Waals surface area (Å²) in [6.07, 6.45) is 6.76. The first-order chi connectivity index (χ1) is 14.1. The van der Waals surface area contributed by atoms with Crippen molar-refractivity contribution >= 4 is 18.2 Å². The smallest absolute Gasteiger partial charge is 0.277 e. The number of allylic oxidation sites excluding steroid dienone is 1. The Morgan fingerprint density at radius 1 is 1.17 bits per heavy atom. The largest absolute Gasteiger partial charge is 0.484 e. The quantitative estimate of drug-likeness (QED) is 0.474. The average molecular weight is 389 g/mol. The molecular weight excluding hydrogens is 366 g/mol. The van der Waals surface area contributed by atoms with Gasteiger partial charge in [0, 0.05) is 6.21 Å².